The van der Waals surface area contributed by atoms with Gasteiger partial charge in [0.1, 0.15) is 11.5 Å². The molecular formula is C17H14ClNO5. The summed E-state index contributed by atoms with van der Waals surface area (Å²) in [7, 11) is 1.26. The molecule has 24 heavy (non-hydrogen) atoms. The standard InChI is InChI=1S/C17H14ClNO5/c1-23-17(20)16-12-8-10(18)6-7-15(12)24-14-5-3-2-4-11(14)13(16)9-19(21)22/h2-8,13,16H,9H2,1H3. The lowest BCUT2D eigenvalue weighted by Crippen LogP contribution is -2.26. The van der Waals surface area contributed by atoms with Crippen molar-refractivity contribution in [2.75, 3.05) is 13.7 Å². The van der Waals surface area contributed by atoms with E-state index in [9.17, 15) is 14.9 Å². The van der Waals surface area contributed by atoms with E-state index < -0.39 is 29.3 Å². The van der Waals surface area contributed by atoms with Crippen molar-refractivity contribution >= 4 is 17.6 Å². The number of carbonyl (C=O) groups is 1. The highest BCUT2D eigenvalue weighted by molar-refractivity contribution is 6.30. The third-order valence-electron chi connectivity index (χ3n) is 4.05. The van der Waals surface area contributed by atoms with Gasteiger partial charge in [-0.1, -0.05) is 29.8 Å². The number of esters is 1. The monoisotopic (exact) mass is 347 g/mol. The van der Waals surface area contributed by atoms with Gasteiger partial charge in [-0.25, -0.2) is 0 Å². The molecule has 1 heterocycles. The predicted molar refractivity (Wildman–Crippen MR) is 87.3 cm³/mol. The highest BCUT2D eigenvalue weighted by Gasteiger charge is 2.41. The molecule has 0 aromatic heterocycles. The number of rotatable bonds is 3. The van der Waals surface area contributed by atoms with E-state index in [1.165, 1.54) is 7.11 Å². The summed E-state index contributed by atoms with van der Waals surface area (Å²) in [6.45, 7) is -0.425. The zero-order valence-corrected chi connectivity index (χ0v) is 13.5. The van der Waals surface area contributed by atoms with Crippen molar-refractivity contribution in [2.24, 2.45) is 0 Å². The summed E-state index contributed by atoms with van der Waals surface area (Å²) in [5.41, 5.74) is 1.08. The highest BCUT2D eigenvalue weighted by Crippen LogP contribution is 2.47. The molecule has 7 heteroatoms. The Morgan fingerprint density at radius 1 is 1.25 bits per heavy atom. The topological polar surface area (TPSA) is 78.7 Å². The van der Waals surface area contributed by atoms with Crippen molar-refractivity contribution in [3.63, 3.8) is 0 Å². The summed E-state index contributed by atoms with van der Waals surface area (Å²) >= 11 is 6.07. The summed E-state index contributed by atoms with van der Waals surface area (Å²) in [5.74, 6) is -1.24. The van der Waals surface area contributed by atoms with E-state index in [2.05, 4.69) is 0 Å². The molecule has 6 nitrogen and oxygen atoms in total. The smallest absolute Gasteiger partial charge is 0.314 e. The van der Waals surface area contributed by atoms with Gasteiger partial charge in [0, 0.05) is 21.1 Å². The largest absolute Gasteiger partial charge is 0.469 e. The lowest BCUT2D eigenvalue weighted by molar-refractivity contribution is -0.483. The Bertz CT molecular complexity index is 807. The van der Waals surface area contributed by atoms with Crippen LogP contribution in [0.5, 0.6) is 11.5 Å². The first-order valence-corrected chi connectivity index (χ1v) is 7.65. The minimum absolute atomic E-state index is 0.414. The number of nitrogens with zero attached hydrogens (tertiary/aromatic N) is 1. The molecule has 0 fully saturated rings. The number of fused-ring (bicyclic) bond motifs is 2. The van der Waals surface area contributed by atoms with Gasteiger partial charge < -0.3 is 9.47 Å². The fourth-order valence-electron chi connectivity index (χ4n) is 3.03. The van der Waals surface area contributed by atoms with E-state index in [1.54, 1.807) is 42.5 Å². The minimum atomic E-state index is -0.877. The average molecular weight is 348 g/mol. The van der Waals surface area contributed by atoms with Crippen molar-refractivity contribution in [2.45, 2.75) is 11.8 Å². The molecule has 0 amide bonds. The fourth-order valence-corrected chi connectivity index (χ4v) is 3.21. The number of para-hydroxylation sites is 1. The zero-order valence-electron chi connectivity index (χ0n) is 12.8. The second kappa shape index (κ2) is 6.49. The first-order valence-electron chi connectivity index (χ1n) is 7.27. The number of ether oxygens (including phenoxy) is 2. The Hall–Kier alpha value is -2.60. The van der Waals surface area contributed by atoms with Gasteiger partial charge in [-0.2, -0.15) is 0 Å². The number of carbonyl (C=O) groups excluding carboxylic acids is 1. The maximum absolute atomic E-state index is 12.5. The summed E-state index contributed by atoms with van der Waals surface area (Å²) < 4.78 is 10.8. The molecule has 0 spiro atoms. The van der Waals surface area contributed by atoms with E-state index in [1.807, 2.05) is 0 Å². The van der Waals surface area contributed by atoms with Gasteiger partial charge in [-0.15, -0.1) is 0 Å². The molecule has 0 saturated carbocycles. The predicted octanol–water partition coefficient (Wildman–Crippen LogP) is 3.76. The van der Waals surface area contributed by atoms with Crippen LogP contribution in [0, 0.1) is 10.1 Å². The Morgan fingerprint density at radius 3 is 2.67 bits per heavy atom. The van der Waals surface area contributed by atoms with Crippen molar-refractivity contribution in [1.29, 1.82) is 0 Å². The molecule has 1 aliphatic rings. The van der Waals surface area contributed by atoms with Crippen molar-refractivity contribution in [3.05, 3.63) is 68.7 Å². The van der Waals surface area contributed by atoms with Gasteiger partial charge in [0.2, 0.25) is 6.54 Å². The molecule has 3 rings (SSSR count). The van der Waals surface area contributed by atoms with E-state index in [0.29, 0.717) is 27.6 Å². The lowest BCUT2D eigenvalue weighted by Gasteiger charge is -2.21. The second-order valence-electron chi connectivity index (χ2n) is 5.44. The summed E-state index contributed by atoms with van der Waals surface area (Å²) in [4.78, 5) is 23.2. The van der Waals surface area contributed by atoms with E-state index >= 15 is 0 Å². The molecule has 2 atom stereocenters. The van der Waals surface area contributed by atoms with Crippen LogP contribution in [0.2, 0.25) is 5.02 Å². The molecular weight excluding hydrogens is 334 g/mol. The summed E-state index contributed by atoms with van der Waals surface area (Å²) in [6.07, 6.45) is 0. The summed E-state index contributed by atoms with van der Waals surface area (Å²) in [6, 6.07) is 11.9. The maximum atomic E-state index is 12.5. The van der Waals surface area contributed by atoms with Crippen LogP contribution in [0.1, 0.15) is 23.0 Å². The van der Waals surface area contributed by atoms with Crippen LogP contribution in [0.4, 0.5) is 0 Å². The van der Waals surface area contributed by atoms with Crippen LogP contribution < -0.4 is 4.74 Å². The van der Waals surface area contributed by atoms with Crippen LogP contribution in [0.25, 0.3) is 0 Å². The fraction of sp³-hybridized carbons (Fsp3) is 0.235. The third-order valence-corrected chi connectivity index (χ3v) is 4.28. The van der Waals surface area contributed by atoms with E-state index in [4.69, 9.17) is 21.1 Å². The molecule has 2 unspecified atom stereocenters. The Labute approximate surface area is 143 Å². The molecule has 0 radical (unpaired) electrons. The SMILES string of the molecule is COC(=O)C1c2cc(Cl)ccc2Oc2ccccc2C1C[N+](=O)[O-]. The Balaban J connectivity index is 2.26. The van der Waals surface area contributed by atoms with Gasteiger partial charge >= 0.3 is 5.97 Å². The molecule has 2 aromatic rings. The molecule has 2 aromatic carbocycles. The maximum Gasteiger partial charge on any atom is 0.314 e. The normalized spacial score (nSPS) is 18.6. The first kappa shape index (κ1) is 16.3. The number of hydrogen-bond acceptors (Lipinski definition) is 5. The highest BCUT2D eigenvalue weighted by atomic mass is 35.5. The zero-order chi connectivity index (χ0) is 17.3. The quantitative estimate of drug-likeness (QED) is 0.480. The van der Waals surface area contributed by atoms with Crippen molar-refractivity contribution in [1.82, 2.24) is 0 Å². The van der Waals surface area contributed by atoms with Crippen LogP contribution >= 0.6 is 11.6 Å². The van der Waals surface area contributed by atoms with Gasteiger partial charge in [0.25, 0.3) is 0 Å². The van der Waals surface area contributed by atoms with Crippen LogP contribution in [0.3, 0.4) is 0 Å². The van der Waals surface area contributed by atoms with Crippen LogP contribution in [-0.2, 0) is 9.53 Å². The number of methoxy groups -OCH3 is 1. The van der Waals surface area contributed by atoms with E-state index in [-0.39, 0.29) is 0 Å². The average Bonchev–Trinajstić information content (AvgIpc) is 2.68. The molecule has 0 saturated heterocycles. The van der Waals surface area contributed by atoms with Crippen LogP contribution in [0.15, 0.2) is 42.5 Å². The molecule has 124 valence electrons. The second-order valence-corrected chi connectivity index (χ2v) is 5.88. The lowest BCUT2D eigenvalue weighted by atomic mass is 9.81. The Kier molecular flexibility index (Phi) is 4.40. The molecule has 1 aliphatic heterocycles. The molecule has 0 aliphatic carbocycles. The van der Waals surface area contributed by atoms with Crippen molar-refractivity contribution < 1.29 is 19.2 Å². The Morgan fingerprint density at radius 2 is 1.96 bits per heavy atom. The van der Waals surface area contributed by atoms with E-state index in [0.717, 1.165) is 0 Å². The van der Waals surface area contributed by atoms with Crippen LogP contribution in [-0.4, -0.2) is 24.5 Å². The number of hydrogen-bond donors (Lipinski definition) is 0. The third kappa shape index (κ3) is 2.92. The van der Waals surface area contributed by atoms with Gasteiger partial charge in [0.15, 0.2) is 0 Å². The summed E-state index contributed by atoms with van der Waals surface area (Å²) in [5, 5.41) is 11.6. The number of benzene rings is 2. The molecule has 0 N–H and O–H groups in total. The van der Waals surface area contributed by atoms with Gasteiger partial charge in [-0.3, -0.25) is 14.9 Å². The number of nitro groups is 1. The van der Waals surface area contributed by atoms with Gasteiger partial charge in [-0.05, 0) is 24.3 Å². The minimum Gasteiger partial charge on any atom is -0.469 e. The first-order chi connectivity index (χ1) is 11.5. The van der Waals surface area contributed by atoms with Crippen molar-refractivity contribution in [3.8, 4) is 11.5 Å². The molecule has 0 bridgehead atoms. The number of halogens is 1. The van der Waals surface area contributed by atoms with Gasteiger partial charge in [0.05, 0.1) is 18.9 Å².